The number of fused-ring (bicyclic) bond motifs is 1. The predicted octanol–water partition coefficient (Wildman–Crippen LogP) is 4.55. The Morgan fingerprint density at radius 1 is 1.24 bits per heavy atom. The molecule has 2 aromatic carbocycles. The van der Waals surface area contributed by atoms with Crippen LogP contribution in [0.15, 0.2) is 18.2 Å². The number of aryl methyl sites for hydroxylation is 1. The lowest BCUT2D eigenvalue weighted by molar-refractivity contribution is -0.128. The summed E-state index contributed by atoms with van der Waals surface area (Å²) < 4.78 is 82.5. The molecule has 6 nitrogen and oxygen atoms in total. The lowest BCUT2D eigenvalue weighted by Crippen LogP contribution is -2.28. The Kier molecular flexibility index (Phi) is 7.98. The summed E-state index contributed by atoms with van der Waals surface area (Å²) in [5.74, 6) is -2.63. The highest BCUT2D eigenvalue weighted by atomic mass is 35.5. The van der Waals surface area contributed by atoms with E-state index in [-0.39, 0.29) is 21.4 Å². The van der Waals surface area contributed by atoms with Crippen LogP contribution in [0.4, 0.5) is 17.6 Å². The SMILES string of the molecule is CC(=O)c1c(C)cc2cc(Cl)c(F)cc2c1OS(=O)(=O)C(F)(F)F.CCOC=O. The van der Waals surface area contributed by atoms with Gasteiger partial charge in [0.2, 0.25) is 0 Å². The van der Waals surface area contributed by atoms with Crippen molar-refractivity contribution in [3.05, 3.63) is 40.2 Å². The van der Waals surface area contributed by atoms with Crippen LogP contribution in [0.1, 0.15) is 29.8 Å². The predicted molar refractivity (Wildman–Crippen MR) is 97.0 cm³/mol. The first-order valence-electron chi connectivity index (χ1n) is 7.76. The van der Waals surface area contributed by atoms with Crippen LogP contribution in [-0.2, 0) is 19.6 Å². The first kappa shape index (κ1) is 24.6. The maximum absolute atomic E-state index is 13.7. The second-order valence-electron chi connectivity index (χ2n) is 5.48. The van der Waals surface area contributed by atoms with Crippen LogP contribution in [0, 0.1) is 12.7 Å². The fraction of sp³-hybridized carbons (Fsp3) is 0.294. The van der Waals surface area contributed by atoms with Crippen molar-refractivity contribution < 1.29 is 44.5 Å². The molecule has 160 valence electrons. The second kappa shape index (κ2) is 9.40. The maximum Gasteiger partial charge on any atom is 0.534 e. The molecule has 0 aliphatic heterocycles. The molecule has 2 rings (SSSR count). The van der Waals surface area contributed by atoms with Crippen molar-refractivity contribution in [2.45, 2.75) is 26.3 Å². The molecule has 0 aromatic heterocycles. The molecular formula is C17H15ClF4O6S. The lowest BCUT2D eigenvalue weighted by atomic mass is 9.98. The van der Waals surface area contributed by atoms with E-state index in [0.717, 1.165) is 13.0 Å². The molecule has 29 heavy (non-hydrogen) atoms. The average molecular weight is 459 g/mol. The first-order valence-corrected chi connectivity index (χ1v) is 9.54. The van der Waals surface area contributed by atoms with Gasteiger partial charge in [-0.25, -0.2) is 4.39 Å². The highest BCUT2D eigenvalue weighted by Crippen LogP contribution is 2.38. The number of alkyl halides is 3. The molecule has 0 aliphatic rings. The number of ether oxygens (including phenoxy) is 1. The van der Waals surface area contributed by atoms with E-state index in [0.29, 0.717) is 19.1 Å². The molecule has 0 amide bonds. The van der Waals surface area contributed by atoms with Gasteiger partial charge in [-0.1, -0.05) is 17.7 Å². The smallest absolute Gasteiger partial charge is 0.468 e. The molecule has 0 heterocycles. The Bertz CT molecular complexity index is 1030. The summed E-state index contributed by atoms with van der Waals surface area (Å²) in [7, 11) is -6.05. The quantitative estimate of drug-likeness (QED) is 0.215. The van der Waals surface area contributed by atoms with Crippen LogP contribution in [0.2, 0.25) is 5.02 Å². The number of carbonyl (C=O) groups is 2. The summed E-state index contributed by atoms with van der Waals surface area (Å²) in [6.07, 6.45) is 0. The van der Waals surface area contributed by atoms with Gasteiger partial charge in [0.05, 0.1) is 17.2 Å². The summed E-state index contributed by atoms with van der Waals surface area (Å²) in [6.45, 7) is 5.06. The molecule has 0 spiro atoms. The molecule has 0 radical (unpaired) electrons. The van der Waals surface area contributed by atoms with E-state index in [2.05, 4.69) is 8.92 Å². The van der Waals surface area contributed by atoms with Gasteiger partial charge in [-0.2, -0.15) is 21.6 Å². The molecule has 0 aliphatic carbocycles. The third-order valence-corrected chi connectivity index (χ3v) is 4.64. The van der Waals surface area contributed by atoms with Crippen molar-refractivity contribution >= 4 is 44.7 Å². The minimum atomic E-state index is -6.05. The van der Waals surface area contributed by atoms with Gasteiger partial charge in [-0.3, -0.25) is 9.59 Å². The van der Waals surface area contributed by atoms with Crippen molar-refractivity contribution in [3.8, 4) is 5.75 Å². The average Bonchev–Trinajstić information content (AvgIpc) is 2.56. The topological polar surface area (TPSA) is 86.7 Å². The van der Waals surface area contributed by atoms with Gasteiger partial charge in [0.1, 0.15) is 5.82 Å². The Morgan fingerprint density at radius 2 is 1.83 bits per heavy atom. The molecule has 0 atom stereocenters. The van der Waals surface area contributed by atoms with Crippen molar-refractivity contribution in [1.82, 2.24) is 0 Å². The minimum Gasteiger partial charge on any atom is -0.468 e. The monoisotopic (exact) mass is 458 g/mol. The molecule has 0 fully saturated rings. The Labute approximate surface area is 168 Å². The van der Waals surface area contributed by atoms with Crippen molar-refractivity contribution in [2.75, 3.05) is 6.61 Å². The van der Waals surface area contributed by atoms with E-state index in [1.54, 1.807) is 6.92 Å². The van der Waals surface area contributed by atoms with Crippen LogP contribution in [0.25, 0.3) is 10.8 Å². The third-order valence-electron chi connectivity index (χ3n) is 3.39. The van der Waals surface area contributed by atoms with E-state index in [9.17, 15) is 35.6 Å². The second-order valence-corrected chi connectivity index (χ2v) is 7.42. The summed E-state index contributed by atoms with van der Waals surface area (Å²) in [5.41, 5.74) is -5.94. The molecule has 0 unspecified atom stereocenters. The van der Waals surface area contributed by atoms with Gasteiger partial charge < -0.3 is 8.92 Å². The Hall–Kier alpha value is -2.40. The lowest BCUT2D eigenvalue weighted by Gasteiger charge is -2.16. The number of hydrogen-bond acceptors (Lipinski definition) is 6. The van der Waals surface area contributed by atoms with Gasteiger partial charge >= 0.3 is 15.6 Å². The normalized spacial score (nSPS) is 11.4. The highest BCUT2D eigenvalue weighted by Gasteiger charge is 2.49. The third kappa shape index (κ3) is 5.80. The molecular weight excluding hydrogens is 444 g/mol. The van der Waals surface area contributed by atoms with Crippen molar-refractivity contribution in [2.24, 2.45) is 0 Å². The molecule has 2 aromatic rings. The van der Waals surface area contributed by atoms with Gasteiger partial charge in [0.25, 0.3) is 6.47 Å². The molecule has 12 heteroatoms. The highest BCUT2D eigenvalue weighted by molar-refractivity contribution is 7.88. The summed E-state index contributed by atoms with van der Waals surface area (Å²) in [4.78, 5) is 20.9. The zero-order valence-corrected chi connectivity index (χ0v) is 16.8. The zero-order chi connectivity index (χ0) is 22.6. The summed E-state index contributed by atoms with van der Waals surface area (Å²) in [5, 5.41) is -0.515. The molecule has 0 saturated heterocycles. The number of benzene rings is 2. The van der Waals surface area contributed by atoms with E-state index in [1.807, 2.05) is 0 Å². The van der Waals surface area contributed by atoms with Gasteiger partial charge in [0.15, 0.2) is 11.5 Å². The number of ketones is 1. The standard InChI is InChI=1S/C14H9ClF4O4S.C3H6O2/c1-6-3-8-4-10(15)11(16)5-9(8)13(12(6)7(2)20)23-24(21,22)14(17,18)19;1-2-5-3-4/h3-5H,1-2H3;3H,2H2,1H3. The van der Waals surface area contributed by atoms with Crippen molar-refractivity contribution in [3.63, 3.8) is 0 Å². The van der Waals surface area contributed by atoms with E-state index in [4.69, 9.17) is 11.6 Å². The zero-order valence-electron chi connectivity index (χ0n) is 15.3. The number of hydrogen-bond donors (Lipinski definition) is 0. The first-order chi connectivity index (χ1) is 13.3. The summed E-state index contributed by atoms with van der Waals surface area (Å²) >= 11 is 5.62. The minimum absolute atomic E-state index is 0.122. The Morgan fingerprint density at radius 3 is 2.24 bits per heavy atom. The van der Waals surface area contributed by atoms with Crippen molar-refractivity contribution in [1.29, 1.82) is 0 Å². The van der Waals surface area contributed by atoms with E-state index >= 15 is 0 Å². The maximum atomic E-state index is 13.7. The van der Waals surface area contributed by atoms with Crippen LogP contribution >= 0.6 is 11.6 Å². The molecule has 0 N–H and O–H groups in total. The van der Waals surface area contributed by atoms with Gasteiger partial charge in [-0.15, -0.1) is 0 Å². The fourth-order valence-electron chi connectivity index (χ4n) is 2.25. The number of carbonyl (C=O) groups excluding carboxylic acids is 2. The van der Waals surface area contributed by atoms with Crippen LogP contribution < -0.4 is 4.18 Å². The Balaban J connectivity index is 0.000000749. The molecule has 0 bridgehead atoms. The fourth-order valence-corrected chi connectivity index (χ4v) is 2.91. The summed E-state index contributed by atoms with van der Waals surface area (Å²) in [6, 6.07) is 3.17. The van der Waals surface area contributed by atoms with Gasteiger partial charge in [-0.05, 0) is 43.9 Å². The van der Waals surface area contributed by atoms with Gasteiger partial charge in [0, 0.05) is 5.39 Å². The van der Waals surface area contributed by atoms with E-state index in [1.165, 1.54) is 13.0 Å². The number of rotatable bonds is 5. The molecule has 0 saturated carbocycles. The van der Waals surface area contributed by atoms with Crippen LogP contribution in [-0.4, -0.2) is 32.8 Å². The number of Topliss-reactive ketones (excluding diaryl/α,β-unsaturated/α-hetero) is 1. The van der Waals surface area contributed by atoms with Crippen LogP contribution in [0.5, 0.6) is 5.75 Å². The van der Waals surface area contributed by atoms with Crippen LogP contribution in [0.3, 0.4) is 0 Å². The largest absolute Gasteiger partial charge is 0.534 e. The number of halogens is 5. The van der Waals surface area contributed by atoms with E-state index < -0.39 is 38.5 Å².